The summed E-state index contributed by atoms with van der Waals surface area (Å²) in [5, 5.41) is 0. The molecule has 2 nitrogen and oxygen atoms in total. The topological polar surface area (TPSA) is 26.3 Å². The fourth-order valence-corrected chi connectivity index (χ4v) is 1.96. The first-order chi connectivity index (χ1) is 7.27. The summed E-state index contributed by atoms with van der Waals surface area (Å²) in [6, 6.07) is 6.24. The molecule has 80 valence electrons. The number of carbonyl (C=O) groups excluding carboxylic acids is 1. The lowest BCUT2D eigenvalue weighted by Gasteiger charge is -2.20. The third-order valence-electron chi connectivity index (χ3n) is 2.76. The monoisotopic (exact) mass is 204 g/mol. The van der Waals surface area contributed by atoms with Gasteiger partial charge in [-0.1, -0.05) is 18.2 Å². The van der Waals surface area contributed by atoms with Crippen LogP contribution in [0.3, 0.4) is 0 Å². The minimum absolute atomic E-state index is 0.239. The second-order valence-electron chi connectivity index (χ2n) is 4.06. The summed E-state index contributed by atoms with van der Waals surface area (Å²) < 4.78 is 5.68. The van der Waals surface area contributed by atoms with E-state index in [4.69, 9.17) is 4.74 Å². The Morgan fingerprint density at radius 1 is 1.47 bits per heavy atom. The number of ketones is 1. The number of fused-ring (bicyclic) bond motifs is 1. The van der Waals surface area contributed by atoms with E-state index in [1.807, 2.05) is 0 Å². The number of aryl methyl sites for hydroxylation is 2. The fourth-order valence-electron chi connectivity index (χ4n) is 1.96. The Morgan fingerprint density at radius 3 is 3.13 bits per heavy atom. The maximum atomic E-state index is 10.9. The minimum atomic E-state index is 0.239. The summed E-state index contributed by atoms with van der Waals surface area (Å²) in [4.78, 5) is 10.9. The molecule has 0 atom stereocenters. The van der Waals surface area contributed by atoms with Crippen LogP contribution in [-0.2, 0) is 17.6 Å². The highest BCUT2D eigenvalue weighted by Crippen LogP contribution is 2.29. The number of para-hydroxylation sites is 1. The highest BCUT2D eigenvalue weighted by molar-refractivity contribution is 5.75. The molecule has 0 unspecified atom stereocenters. The van der Waals surface area contributed by atoms with E-state index in [0.717, 1.165) is 31.6 Å². The molecule has 0 aliphatic carbocycles. The van der Waals surface area contributed by atoms with Crippen LogP contribution in [0.2, 0.25) is 0 Å². The van der Waals surface area contributed by atoms with Gasteiger partial charge in [0.15, 0.2) is 0 Å². The Balaban J connectivity index is 2.19. The highest BCUT2D eigenvalue weighted by Gasteiger charge is 2.13. The first kappa shape index (κ1) is 10.2. The van der Waals surface area contributed by atoms with Gasteiger partial charge in [0, 0.05) is 6.42 Å². The molecule has 1 aromatic carbocycles. The molecule has 0 amide bonds. The van der Waals surface area contributed by atoms with Gasteiger partial charge in [0.25, 0.3) is 0 Å². The largest absolute Gasteiger partial charge is 0.493 e. The molecule has 0 spiro atoms. The zero-order valence-corrected chi connectivity index (χ0v) is 9.08. The van der Waals surface area contributed by atoms with E-state index in [2.05, 4.69) is 18.2 Å². The summed E-state index contributed by atoms with van der Waals surface area (Å²) in [6.07, 6.45) is 3.62. The second kappa shape index (κ2) is 4.47. The van der Waals surface area contributed by atoms with E-state index in [-0.39, 0.29) is 5.78 Å². The number of benzene rings is 1. The third-order valence-corrected chi connectivity index (χ3v) is 2.76. The Kier molecular flexibility index (Phi) is 3.05. The first-order valence-electron chi connectivity index (χ1n) is 5.50. The molecule has 1 aliphatic heterocycles. The van der Waals surface area contributed by atoms with Crippen LogP contribution in [0, 0.1) is 0 Å². The van der Waals surface area contributed by atoms with Crippen molar-refractivity contribution in [2.45, 2.75) is 32.6 Å². The van der Waals surface area contributed by atoms with E-state index in [1.54, 1.807) is 6.92 Å². The van der Waals surface area contributed by atoms with Gasteiger partial charge >= 0.3 is 0 Å². The lowest BCUT2D eigenvalue weighted by atomic mass is 9.99. The van der Waals surface area contributed by atoms with Gasteiger partial charge in [-0.05, 0) is 37.3 Å². The van der Waals surface area contributed by atoms with Crippen molar-refractivity contribution in [1.82, 2.24) is 0 Å². The molecule has 0 aromatic heterocycles. The van der Waals surface area contributed by atoms with Crippen molar-refractivity contribution in [2.75, 3.05) is 6.61 Å². The summed E-state index contributed by atoms with van der Waals surface area (Å²) in [5.41, 5.74) is 2.48. The van der Waals surface area contributed by atoms with Crippen LogP contribution in [0.25, 0.3) is 0 Å². The molecular formula is C13H16O2. The van der Waals surface area contributed by atoms with Gasteiger partial charge in [-0.3, -0.25) is 0 Å². The Morgan fingerprint density at radius 2 is 2.33 bits per heavy atom. The van der Waals surface area contributed by atoms with Gasteiger partial charge < -0.3 is 9.53 Å². The third kappa shape index (κ3) is 2.38. The van der Waals surface area contributed by atoms with Crippen molar-refractivity contribution in [1.29, 1.82) is 0 Å². The lowest BCUT2D eigenvalue weighted by molar-refractivity contribution is -0.116. The standard InChI is InChI=1S/C13H16O2/c1-10(14)7-8-12-5-2-4-11-6-3-9-15-13(11)12/h2,4-5H,3,6-9H2,1H3. The summed E-state index contributed by atoms with van der Waals surface area (Å²) >= 11 is 0. The van der Waals surface area contributed by atoms with Crippen LogP contribution >= 0.6 is 0 Å². The number of Topliss-reactive ketones (excluding diaryl/α,β-unsaturated/α-hetero) is 1. The SMILES string of the molecule is CC(=O)CCc1cccc2c1OCCC2. The molecule has 2 heteroatoms. The normalized spacial score (nSPS) is 14.2. The molecule has 1 aliphatic rings. The maximum absolute atomic E-state index is 10.9. The zero-order chi connectivity index (χ0) is 10.7. The highest BCUT2D eigenvalue weighted by atomic mass is 16.5. The van der Waals surface area contributed by atoms with E-state index in [0.29, 0.717) is 6.42 Å². The molecule has 1 heterocycles. The Bertz CT molecular complexity index is 369. The van der Waals surface area contributed by atoms with Gasteiger partial charge in [-0.15, -0.1) is 0 Å². The van der Waals surface area contributed by atoms with Gasteiger partial charge in [0.05, 0.1) is 6.61 Å². The molecule has 15 heavy (non-hydrogen) atoms. The number of hydrogen-bond donors (Lipinski definition) is 0. The van der Waals surface area contributed by atoms with Gasteiger partial charge in [0.2, 0.25) is 0 Å². The van der Waals surface area contributed by atoms with Crippen molar-refractivity contribution >= 4 is 5.78 Å². The number of hydrogen-bond acceptors (Lipinski definition) is 2. The van der Waals surface area contributed by atoms with Gasteiger partial charge in [-0.2, -0.15) is 0 Å². The van der Waals surface area contributed by atoms with E-state index in [9.17, 15) is 4.79 Å². The predicted octanol–water partition coefficient (Wildman–Crippen LogP) is 2.53. The van der Waals surface area contributed by atoms with Crippen LogP contribution in [0.15, 0.2) is 18.2 Å². The summed E-state index contributed by atoms with van der Waals surface area (Å²) in [7, 11) is 0. The molecule has 0 fully saturated rings. The van der Waals surface area contributed by atoms with Crippen molar-refractivity contribution in [3.05, 3.63) is 29.3 Å². The molecular weight excluding hydrogens is 188 g/mol. The molecule has 1 aromatic rings. The van der Waals surface area contributed by atoms with E-state index >= 15 is 0 Å². The van der Waals surface area contributed by atoms with Crippen LogP contribution in [0.5, 0.6) is 5.75 Å². The molecule has 0 N–H and O–H groups in total. The maximum Gasteiger partial charge on any atom is 0.130 e. The van der Waals surface area contributed by atoms with Crippen LogP contribution in [0.1, 0.15) is 30.9 Å². The lowest BCUT2D eigenvalue weighted by Crippen LogP contribution is -2.10. The van der Waals surface area contributed by atoms with Crippen molar-refractivity contribution in [3.63, 3.8) is 0 Å². The number of rotatable bonds is 3. The fraction of sp³-hybridized carbons (Fsp3) is 0.462. The van der Waals surface area contributed by atoms with Gasteiger partial charge in [0.1, 0.15) is 11.5 Å². The average Bonchev–Trinajstić information content (AvgIpc) is 2.26. The van der Waals surface area contributed by atoms with Crippen molar-refractivity contribution in [3.8, 4) is 5.75 Å². The number of carbonyl (C=O) groups is 1. The quantitative estimate of drug-likeness (QED) is 0.756. The minimum Gasteiger partial charge on any atom is -0.493 e. The van der Waals surface area contributed by atoms with E-state index < -0.39 is 0 Å². The Labute approximate surface area is 90.3 Å². The smallest absolute Gasteiger partial charge is 0.130 e. The molecule has 0 saturated heterocycles. The summed E-state index contributed by atoms with van der Waals surface area (Å²) in [6.45, 7) is 2.44. The predicted molar refractivity (Wildman–Crippen MR) is 59.3 cm³/mol. The molecule has 0 radical (unpaired) electrons. The van der Waals surface area contributed by atoms with Crippen LogP contribution in [0.4, 0.5) is 0 Å². The van der Waals surface area contributed by atoms with E-state index in [1.165, 1.54) is 11.1 Å². The molecule has 0 saturated carbocycles. The zero-order valence-electron chi connectivity index (χ0n) is 9.08. The van der Waals surface area contributed by atoms with Crippen LogP contribution < -0.4 is 4.74 Å². The van der Waals surface area contributed by atoms with Crippen molar-refractivity contribution < 1.29 is 9.53 Å². The first-order valence-corrected chi connectivity index (χ1v) is 5.50. The van der Waals surface area contributed by atoms with Crippen molar-refractivity contribution in [2.24, 2.45) is 0 Å². The average molecular weight is 204 g/mol. The summed E-state index contributed by atoms with van der Waals surface area (Å²) in [5.74, 6) is 1.27. The Hall–Kier alpha value is -1.31. The second-order valence-corrected chi connectivity index (χ2v) is 4.06. The number of ether oxygens (including phenoxy) is 1. The molecule has 2 rings (SSSR count). The molecule has 0 bridgehead atoms. The van der Waals surface area contributed by atoms with Gasteiger partial charge in [-0.25, -0.2) is 0 Å². The van der Waals surface area contributed by atoms with Crippen LogP contribution in [-0.4, -0.2) is 12.4 Å².